The lowest BCUT2D eigenvalue weighted by Crippen LogP contribution is -2.59. The molecule has 19 heavy (non-hydrogen) atoms. The van der Waals surface area contributed by atoms with Gasteiger partial charge < -0.3 is 26.2 Å². The Labute approximate surface area is 110 Å². The molecular weight excluding hydrogens is 254 g/mol. The van der Waals surface area contributed by atoms with Crippen LogP contribution in [0.1, 0.15) is 26.7 Å². The van der Waals surface area contributed by atoms with Crippen LogP contribution in [-0.4, -0.2) is 57.3 Å². The van der Waals surface area contributed by atoms with Gasteiger partial charge in [-0.3, -0.25) is 4.79 Å². The maximum Gasteiger partial charge on any atom is 0.326 e. The number of rotatable bonds is 4. The number of carbonyl (C=O) groups excluding carboxylic acids is 2. The second-order valence-electron chi connectivity index (χ2n) is 4.88. The zero-order valence-corrected chi connectivity index (χ0v) is 10.9. The lowest BCUT2D eigenvalue weighted by atomic mass is 9.98. The monoisotopic (exact) mass is 273 g/mol. The van der Waals surface area contributed by atoms with E-state index in [4.69, 9.17) is 10.8 Å². The average molecular weight is 273 g/mol. The molecule has 0 aromatic rings. The van der Waals surface area contributed by atoms with Crippen LogP contribution in [0.4, 0.5) is 4.79 Å². The zero-order valence-electron chi connectivity index (χ0n) is 10.9. The molecule has 1 fully saturated rings. The van der Waals surface area contributed by atoms with Crippen molar-refractivity contribution < 1.29 is 24.6 Å². The first-order valence-electron chi connectivity index (χ1n) is 6.00. The molecule has 3 amide bonds. The fourth-order valence-corrected chi connectivity index (χ4v) is 1.90. The number of nitrogens with zero attached hydrogens (tertiary/aromatic N) is 1. The van der Waals surface area contributed by atoms with Gasteiger partial charge >= 0.3 is 12.0 Å². The highest BCUT2D eigenvalue weighted by molar-refractivity contribution is 5.91. The van der Waals surface area contributed by atoms with Gasteiger partial charge in [-0.25, -0.2) is 9.59 Å². The molecule has 8 heteroatoms. The molecule has 0 radical (unpaired) electrons. The summed E-state index contributed by atoms with van der Waals surface area (Å²) in [6.45, 7) is 3.06. The number of primary amides is 1. The van der Waals surface area contributed by atoms with Crippen LogP contribution < -0.4 is 11.1 Å². The summed E-state index contributed by atoms with van der Waals surface area (Å²) in [7, 11) is 0. The highest BCUT2D eigenvalue weighted by atomic mass is 16.4. The van der Waals surface area contributed by atoms with E-state index in [2.05, 4.69) is 5.32 Å². The van der Waals surface area contributed by atoms with E-state index in [-0.39, 0.29) is 19.4 Å². The molecule has 1 aliphatic heterocycles. The van der Waals surface area contributed by atoms with E-state index in [0.717, 1.165) is 4.90 Å². The second-order valence-corrected chi connectivity index (χ2v) is 4.88. The molecule has 3 atom stereocenters. The van der Waals surface area contributed by atoms with Gasteiger partial charge in [0.1, 0.15) is 11.6 Å². The third-order valence-electron chi connectivity index (χ3n) is 3.46. The number of nitrogens with one attached hydrogen (secondary N) is 1. The maximum absolute atomic E-state index is 12.0. The fraction of sp³-hybridized carbons (Fsp3) is 0.727. The number of β-amino-alcohol motifs (C(OH)–C–C–N with tert-alkyl or cyclic N) is 1. The van der Waals surface area contributed by atoms with Crippen molar-refractivity contribution in [3.8, 4) is 0 Å². The number of urea groups is 1. The van der Waals surface area contributed by atoms with Gasteiger partial charge in [0.15, 0.2) is 0 Å². The molecule has 0 saturated carbocycles. The van der Waals surface area contributed by atoms with Gasteiger partial charge in [0.25, 0.3) is 0 Å². The van der Waals surface area contributed by atoms with Crippen LogP contribution in [-0.2, 0) is 9.59 Å². The number of nitrogens with two attached hydrogens (primary N) is 1. The molecule has 108 valence electrons. The maximum atomic E-state index is 12.0. The van der Waals surface area contributed by atoms with Gasteiger partial charge in [-0.15, -0.1) is 0 Å². The minimum absolute atomic E-state index is 0.0256. The smallest absolute Gasteiger partial charge is 0.326 e. The van der Waals surface area contributed by atoms with Crippen LogP contribution in [0.25, 0.3) is 0 Å². The van der Waals surface area contributed by atoms with E-state index in [1.54, 1.807) is 6.92 Å². The Balaban J connectivity index is 2.82. The van der Waals surface area contributed by atoms with Crippen molar-refractivity contribution in [1.29, 1.82) is 0 Å². The summed E-state index contributed by atoms with van der Waals surface area (Å²) in [5.41, 5.74) is 3.97. The lowest BCUT2D eigenvalue weighted by molar-refractivity contribution is -0.141. The van der Waals surface area contributed by atoms with Crippen molar-refractivity contribution in [2.24, 2.45) is 5.73 Å². The van der Waals surface area contributed by atoms with Crippen molar-refractivity contribution in [1.82, 2.24) is 10.2 Å². The Morgan fingerprint density at radius 3 is 2.47 bits per heavy atom. The molecule has 0 aliphatic carbocycles. The van der Waals surface area contributed by atoms with Gasteiger partial charge in [0.05, 0.1) is 6.10 Å². The number of carbonyl (C=O) groups is 3. The summed E-state index contributed by atoms with van der Waals surface area (Å²) in [5, 5.41) is 20.9. The fourth-order valence-electron chi connectivity index (χ4n) is 1.90. The van der Waals surface area contributed by atoms with Crippen molar-refractivity contribution >= 4 is 17.9 Å². The first kappa shape index (κ1) is 15.2. The summed E-state index contributed by atoms with van der Waals surface area (Å²) in [6, 6.07) is -1.81. The predicted molar refractivity (Wildman–Crippen MR) is 65.2 cm³/mol. The number of hydrogen-bond acceptors (Lipinski definition) is 4. The largest absolute Gasteiger partial charge is 0.480 e. The van der Waals surface area contributed by atoms with Crippen LogP contribution in [0.5, 0.6) is 0 Å². The summed E-state index contributed by atoms with van der Waals surface area (Å²) in [6.07, 6.45) is -0.627. The molecule has 5 N–H and O–H groups in total. The van der Waals surface area contributed by atoms with Crippen LogP contribution in [0.3, 0.4) is 0 Å². The van der Waals surface area contributed by atoms with Gasteiger partial charge in [0, 0.05) is 13.0 Å². The molecule has 0 bridgehead atoms. The Kier molecular flexibility index (Phi) is 4.35. The topological polar surface area (TPSA) is 133 Å². The highest BCUT2D eigenvalue weighted by Crippen LogP contribution is 2.19. The third-order valence-corrected chi connectivity index (χ3v) is 3.46. The number of carboxylic acid groups (broad SMARTS) is 1. The minimum Gasteiger partial charge on any atom is -0.480 e. The molecular formula is C11H19N3O5. The zero-order chi connectivity index (χ0) is 14.8. The Morgan fingerprint density at radius 2 is 2.05 bits per heavy atom. The lowest BCUT2D eigenvalue weighted by Gasteiger charge is -2.30. The van der Waals surface area contributed by atoms with E-state index in [1.807, 2.05) is 0 Å². The quantitative estimate of drug-likeness (QED) is 0.514. The SMILES string of the molecule is CCC(C)(NC(=O)N1C[C@H](O)C[C@@H]1C(=O)O)C(N)=O. The standard InChI is InChI=1S/C11H19N3O5/c1-3-11(2,9(12)18)13-10(19)14-5-6(15)4-7(14)8(16)17/h6-7,15H,3-5H2,1-2H3,(H2,12,18)(H,13,19)(H,16,17)/t6-,7-,11?/m1/s1. The number of aliphatic hydroxyl groups is 1. The molecule has 8 nitrogen and oxygen atoms in total. The Bertz CT molecular complexity index is 400. The van der Waals surface area contributed by atoms with E-state index < -0.39 is 35.6 Å². The number of hydrogen-bond donors (Lipinski definition) is 4. The second kappa shape index (κ2) is 5.43. The van der Waals surface area contributed by atoms with Gasteiger partial charge in [-0.2, -0.15) is 0 Å². The van der Waals surface area contributed by atoms with Gasteiger partial charge in [-0.05, 0) is 13.3 Å². The number of carboxylic acids is 1. The average Bonchev–Trinajstić information content (AvgIpc) is 2.71. The minimum atomic E-state index is -1.24. The van der Waals surface area contributed by atoms with E-state index >= 15 is 0 Å². The molecule has 1 heterocycles. The number of aliphatic carboxylic acids is 1. The highest BCUT2D eigenvalue weighted by Gasteiger charge is 2.41. The summed E-state index contributed by atoms with van der Waals surface area (Å²) in [4.78, 5) is 35.3. The molecule has 0 spiro atoms. The number of likely N-dealkylation sites (tertiary alicyclic amines) is 1. The normalized spacial score (nSPS) is 25.7. The van der Waals surface area contributed by atoms with Gasteiger partial charge in [0.2, 0.25) is 5.91 Å². The summed E-state index contributed by atoms with van der Waals surface area (Å²) >= 11 is 0. The molecule has 0 aromatic carbocycles. The van der Waals surface area contributed by atoms with Crippen LogP contribution in [0, 0.1) is 0 Å². The van der Waals surface area contributed by atoms with Crippen LogP contribution >= 0.6 is 0 Å². The molecule has 1 unspecified atom stereocenters. The first-order chi connectivity index (χ1) is 8.71. The van der Waals surface area contributed by atoms with Crippen molar-refractivity contribution in [3.63, 3.8) is 0 Å². The summed E-state index contributed by atoms with van der Waals surface area (Å²) in [5.74, 6) is -1.89. The molecule has 1 rings (SSSR count). The Morgan fingerprint density at radius 1 is 1.47 bits per heavy atom. The van der Waals surface area contributed by atoms with Crippen molar-refractivity contribution in [2.45, 2.75) is 44.4 Å². The van der Waals surface area contributed by atoms with E-state index in [9.17, 15) is 19.5 Å². The van der Waals surface area contributed by atoms with Crippen molar-refractivity contribution in [2.75, 3.05) is 6.54 Å². The third kappa shape index (κ3) is 3.14. The summed E-state index contributed by atoms with van der Waals surface area (Å²) < 4.78 is 0. The van der Waals surface area contributed by atoms with E-state index in [1.165, 1.54) is 6.92 Å². The van der Waals surface area contributed by atoms with Crippen molar-refractivity contribution in [3.05, 3.63) is 0 Å². The number of amides is 3. The molecule has 0 aromatic heterocycles. The predicted octanol–water partition coefficient (Wildman–Crippen LogP) is -1.13. The molecule has 1 saturated heterocycles. The van der Waals surface area contributed by atoms with Crippen LogP contribution in [0.2, 0.25) is 0 Å². The van der Waals surface area contributed by atoms with E-state index in [0.29, 0.717) is 0 Å². The first-order valence-corrected chi connectivity index (χ1v) is 6.00. The van der Waals surface area contributed by atoms with Gasteiger partial charge in [-0.1, -0.05) is 6.92 Å². The van der Waals surface area contributed by atoms with Crippen LogP contribution in [0.15, 0.2) is 0 Å². The number of aliphatic hydroxyl groups excluding tert-OH is 1. The molecule has 1 aliphatic rings. The Hall–Kier alpha value is -1.83.